The Labute approximate surface area is 87.8 Å². The van der Waals surface area contributed by atoms with E-state index < -0.39 is 0 Å². The first-order chi connectivity index (χ1) is 7.02. The summed E-state index contributed by atoms with van der Waals surface area (Å²) in [5, 5.41) is 19.1. The van der Waals surface area contributed by atoms with Gasteiger partial charge >= 0.3 is 0 Å². The zero-order chi connectivity index (χ0) is 11.2. The number of phenols is 2. The number of carbonyl (C=O) groups excluding carboxylic acids is 1. The summed E-state index contributed by atoms with van der Waals surface area (Å²) in [6.45, 7) is 4.14. The average molecular weight is 207 g/mol. The molecule has 1 aromatic carbocycles. The van der Waals surface area contributed by atoms with Gasteiger partial charge in [-0.3, -0.25) is 4.79 Å². The van der Waals surface area contributed by atoms with Gasteiger partial charge in [-0.1, -0.05) is 0 Å². The van der Waals surface area contributed by atoms with Gasteiger partial charge in [0, 0.05) is 11.6 Å². The van der Waals surface area contributed by atoms with E-state index in [0.29, 0.717) is 11.3 Å². The number of phenolic OH excluding ortho intramolecular Hbond substituents is 2. The van der Waals surface area contributed by atoms with Crippen molar-refractivity contribution in [3.05, 3.63) is 17.7 Å². The Balaban J connectivity index is 2.62. The van der Waals surface area contributed by atoms with E-state index in [1.807, 2.05) is 13.8 Å². The summed E-state index contributed by atoms with van der Waals surface area (Å²) in [6.07, 6.45) is 0. The third-order valence-electron chi connectivity index (χ3n) is 2.65. The van der Waals surface area contributed by atoms with E-state index in [9.17, 15) is 15.0 Å². The Morgan fingerprint density at radius 2 is 2.00 bits per heavy atom. The lowest BCUT2D eigenvalue weighted by Gasteiger charge is -2.23. The van der Waals surface area contributed by atoms with Crippen molar-refractivity contribution < 1.29 is 15.0 Å². The van der Waals surface area contributed by atoms with Crippen molar-refractivity contribution in [2.24, 2.45) is 0 Å². The van der Waals surface area contributed by atoms with Gasteiger partial charge in [-0.05, 0) is 26.0 Å². The molecule has 4 nitrogen and oxygen atoms in total. The van der Waals surface area contributed by atoms with Gasteiger partial charge in [-0.25, -0.2) is 0 Å². The van der Waals surface area contributed by atoms with Gasteiger partial charge in [-0.2, -0.15) is 0 Å². The predicted octanol–water partition coefficient (Wildman–Crippen LogP) is 1.51. The Morgan fingerprint density at radius 3 is 2.60 bits per heavy atom. The number of anilines is 1. The number of nitrogens with zero attached hydrogens (tertiary/aromatic N) is 1. The van der Waals surface area contributed by atoms with Crippen molar-refractivity contribution in [3.8, 4) is 11.5 Å². The van der Waals surface area contributed by atoms with Crippen LogP contribution in [0.4, 0.5) is 5.69 Å². The summed E-state index contributed by atoms with van der Waals surface area (Å²) in [4.78, 5) is 13.4. The molecule has 1 aromatic rings. The molecule has 0 fully saturated rings. The highest BCUT2D eigenvalue weighted by Crippen LogP contribution is 2.42. The molecule has 2 rings (SSSR count). The molecule has 1 heterocycles. The third-order valence-corrected chi connectivity index (χ3v) is 2.65. The monoisotopic (exact) mass is 207 g/mol. The fraction of sp³-hybridized carbons (Fsp3) is 0.364. The number of benzene rings is 1. The molecule has 80 valence electrons. The summed E-state index contributed by atoms with van der Waals surface area (Å²) in [5.74, 6) is -0.407. The number of carbonyl (C=O) groups is 1. The van der Waals surface area contributed by atoms with Crippen LogP contribution in [0.15, 0.2) is 12.1 Å². The second-order valence-corrected chi connectivity index (χ2v) is 3.97. The second kappa shape index (κ2) is 3.15. The van der Waals surface area contributed by atoms with E-state index in [2.05, 4.69) is 0 Å². The van der Waals surface area contributed by atoms with Crippen LogP contribution in [0.2, 0.25) is 0 Å². The molecule has 4 heteroatoms. The third kappa shape index (κ3) is 1.33. The Kier molecular flexibility index (Phi) is 2.07. The summed E-state index contributed by atoms with van der Waals surface area (Å²) >= 11 is 0. The first-order valence-corrected chi connectivity index (χ1v) is 4.87. The van der Waals surface area contributed by atoms with Gasteiger partial charge in [-0.15, -0.1) is 0 Å². The molecule has 0 aliphatic carbocycles. The van der Waals surface area contributed by atoms with Gasteiger partial charge in [0.15, 0.2) is 17.3 Å². The predicted molar refractivity (Wildman–Crippen MR) is 56.6 cm³/mol. The zero-order valence-electron chi connectivity index (χ0n) is 8.69. The topological polar surface area (TPSA) is 60.8 Å². The van der Waals surface area contributed by atoms with Gasteiger partial charge in [0.2, 0.25) is 0 Å². The highest BCUT2D eigenvalue weighted by atomic mass is 16.3. The Morgan fingerprint density at radius 1 is 1.33 bits per heavy atom. The minimum absolute atomic E-state index is 0.0194. The van der Waals surface area contributed by atoms with E-state index in [0.717, 1.165) is 0 Å². The van der Waals surface area contributed by atoms with E-state index >= 15 is 0 Å². The smallest absolute Gasteiger partial charge is 0.184 e. The van der Waals surface area contributed by atoms with Crippen LogP contribution in [0.1, 0.15) is 24.2 Å². The van der Waals surface area contributed by atoms with Crippen LogP contribution in [0.5, 0.6) is 11.5 Å². The molecule has 15 heavy (non-hydrogen) atoms. The van der Waals surface area contributed by atoms with Crippen molar-refractivity contribution in [2.45, 2.75) is 19.9 Å². The quantitative estimate of drug-likeness (QED) is 0.685. The molecular formula is C11H13NO3. The van der Waals surface area contributed by atoms with Crippen molar-refractivity contribution in [1.29, 1.82) is 0 Å². The number of hydrogen-bond donors (Lipinski definition) is 2. The van der Waals surface area contributed by atoms with Crippen LogP contribution in [-0.2, 0) is 0 Å². The molecule has 0 saturated heterocycles. The van der Waals surface area contributed by atoms with Crippen molar-refractivity contribution >= 4 is 11.5 Å². The summed E-state index contributed by atoms with van der Waals surface area (Å²) in [6, 6.07) is 3.01. The standard InChI is InChI=1S/C11H13NO3/c1-6(2)12-5-9(14)7-3-4-8(13)11(15)10(7)12/h3-4,6,13,15H,5H2,1-2H3. The summed E-state index contributed by atoms with van der Waals surface area (Å²) in [7, 11) is 0. The number of hydrogen-bond acceptors (Lipinski definition) is 4. The van der Waals surface area contributed by atoms with Crippen LogP contribution in [0.3, 0.4) is 0 Å². The molecule has 1 aliphatic rings. The maximum Gasteiger partial charge on any atom is 0.184 e. The zero-order valence-corrected chi connectivity index (χ0v) is 8.69. The van der Waals surface area contributed by atoms with Gasteiger partial charge in [0.25, 0.3) is 0 Å². The lowest BCUT2D eigenvalue weighted by molar-refractivity contribution is 0.101. The molecule has 0 radical (unpaired) electrons. The summed E-state index contributed by atoms with van der Waals surface area (Å²) < 4.78 is 0. The molecule has 1 aliphatic heterocycles. The minimum Gasteiger partial charge on any atom is -0.504 e. The highest BCUT2D eigenvalue weighted by Gasteiger charge is 2.31. The van der Waals surface area contributed by atoms with Crippen molar-refractivity contribution in [3.63, 3.8) is 0 Å². The second-order valence-electron chi connectivity index (χ2n) is 3.97. The number of Topliss-reactive ketones (excluding diaryl/α,β-unsaturated/α-hetero) is 1. The van der Waals surface area contributed by atoms with E-state index in [-0.39, 0.29) is 29.9 Å². The molecule has 0 atom stereocenters. The van der Waals surface area contributed by atoms with E-state index in [1.165, 1.54) is 6.07 Å². The van der Waals surface area contributed by atoms with Crippen molar-refractivity contribution in [1.82, 2.24) is 0 Å². The largest absolute Gasteiger partial charge is 0.504 e. The Bertz CT molecular complexity index is 426. The number of ketones is 1. The van der Waals surface area contributed by atoms with Gasteiger partial charge in [0.05, 0.1) is 12.2 Å². The van der Waals surface area contributed by atoms with E-state index in [4.69, 9.17) is 0 Å². The fourth-order valence-electron chi connectivity index (χ4n) is 1.84. The van der Waals surface area contributed by atoms with Crippen LogP contribution >= 0.6 is 0 Å². The number of aromatic hydroxyl groups is 2. The molecule has 0 aromatic heterocycles. The lowest BCUT2D eigenvalue weighted by Crippen LogP contribution is -2.29. The normalized spacial score (nSPS) is 14.9. The van der Waals surface area contributed by atoms with Crippen LogP contribution < -0.4 is 4.90 Å². The lowest BCUT2D eigenvalue weighted by atomic mass is 10.1. The number of rotatable bonds is 1. The highest BCUT2D eigenvalue weighted by molar-refractivity contribution is 6.10. The van der Waals surface area contributed by atoms with Crippen LogP contribution in [0, 0.1) is 0 Å². The van der Waals surface area contributed by atoms with Crippen molar-refractivity contribution in [2.75, 3.05) is 11.4 Å². The van der Waals surface area contributed by atoms with Crippen LogP contribution in [-0.4, -0.2) is 28.6 Å². The number of fused-ring (bicyclic) bond motifs is 1. The first kappa shape index (κ1) is 9.83. The Hall–Kier alpha value is -1.71. The minimum atomic E-state index is -0.202. The SMILES string of the molecule is CC(C)N1CC(=O)c2ccc(O)c(O)c21. The molecule has 0 spiro atoms. The molecule has 0 saturated carbocycles. The molecule has 0 unspecified atom stereocenters. The maximum absolute atomic E-state index is 11.6. The van der Waals surface area contributed by atoms with Crippen LogP contribution in [0.25, 0.3) is 0 Å². The van der Waals surface area contributed by atoms with Gasteiger partial charge < -0.3 is 15.1 Å². The van der Waals surface area contributed by atoms with Gasteiger partial charge in [0.1, 0.15) is 0 Å². The molecule has 0 amide bonds. The fourth-order valence-corrected chi connectivity index (χ4v) is 1.84. The first-order valence-electron chi connectivity index (χ1n) is 4.87. The maximum atomic E-state index is 11.6. The molecule has 2 N–H and O–H groups in total. The van der Waals surface area contributed by atoms with E-state index in [1.54, 1.807) is 11.0 Å². The summed E-state index contributed by atoms with van der Waals surface area (Å²) in [5.41, 5.74) is 0.939. The molecule has 0 bridgehead atoms. The average Bonchev–Trinajstić information content (AvgIpc) is 2.50. The molecular weight excluding hydrogens is 194 g/mol.